The lowest BCUT2D eigenvalue weighted by atomic mass is 10.00. The van der Waals surface area contributed by atoms with Crippen molar-refractivity contribution < 1.29 is 6.48 Å². The summed E-state index contributed by atoms with van der Waals surface area (Å²) in [4.78, 5) is 0. The summed E-state index contributed by atoms with van der Waals surface area (Å²) >= 11 is 0. The molecule has 11 heavy (non-hydrogen) atoms. The van der Waals surface area contributed by atoms with Gasteiger partial charge in [-0.05, 0) is 33.6 Å². The molecular formula is C10H18O. The predicted octanol–water partition coefficient (Wildman–Crippen LogP) is 2.67. The molecule has 0 amide bonds. The lowest BCUT2D eigenvalue weighted by Crippen LogP contribution is -2.19. The van der Waals surface area contributed by atoms with Crippen molar-refractivity contribution in [3.05, 3.63) is 24.3 Å². The molecule has 0 radical (unpaired) electrons. The molecule has 0 spiro atoms. The molecular weight excluding hydrogens is 136 g/mol. The third kappa shape index (κ3) is 5.86. The Morgan fingerprint density at radius 3 is 2.82 bits per heavy atom. The first-order valence-electron chi connectivity index (χ1n) is 4.47. The summed E-state index contributed by atoms with van der Waals surface area (Å²) < 4.78 is 6.82. The van der Waals surface area contributed by atoms with Gasteiger partial charge in [-0.3, -0.25) is 0 Å². The fourth-order valence-electron chi connectivity index (χ4n) is 0.736. The summed E-state index contributed by atoms with van der Waals surface area (Å²) in [5, 5.41) is 9.59. The maximum absolute atomic E-state index is 9.59. The van der Waals surface area contributed by atoms with Crippen LogP contribution in [0.4, 0.5) is 0 Å². The van der Waals surface area contributed by atoms with Crippen LogP contribution in [0.1, 0.15) is 35.0 Å². The highest BCUT2D eigenvalue weighted by molar-refractivity contribution is 4.97. The standard InChI is InChI=1S/C10H18O/c1-5-10(4,11)8-6-7-9(2)3/h5,7,11H,1,6,8H2,2-4H3/i1D. The Labute approximate surface area is 70.8 Å². The van der Waals surface area contributed by atoms with Crippen molar-refractivity contribution in [1.29, 1.82) is 0 Å². The smallest absolute Gasteiger partial charge is 0.0800 e. The minimum atomic E-state index is -0.826. The predicted molar refractivity (Wildman–Crippen MR) is 49.5 cm³/mol. The van der Waals surface area contributed by atoms with Crippen molar-refractivity contribution in [2.24, 2.45) is 0 Å². The molecule has 1 unspecified atom stereocenters. The average molecular weight is 155 g/mol. The Balaban J connectivity index is 3.84. The van der Waals surface area contributed by atoms with Gasteiger partial charge in [0.25, 0.3) is 0 Å². The van der Waals surface area contributed by atoms with E-state index in [1.165, 1.54) is 11.6 Å². The van der Waals surface area contributed by atoms with E-state index in [1.807, 2.05) is 13.8 Å². The van der Waals surface area contributed by atoms with Crippen LogP contribution in [-0.4, -0.2) is 10.7 Å². The Morgan fingerprint density at radius 1 is 1.73 bits per heavy atom. The van der Waals surface area contributed by atoms with Crippen molar-refractivity contribution in [2.45, 2.75) is 39.2 Å². The maximum Gasteiger partial charge on any atom is 0.0800 e. The Bertz CT molecular complexity index is 176. The molecule has 0 rings (SSSR count). The molecule has 0 aliphatic carbocycles. The van der Waals surface area contributed by atoms with Gasteiger partial charge in [0, 0.05) is 0 Å². The monoisotopic (exact) mass is 155 g/mol. The third-order valence-electron chi connectivity index (χ3n) is 1.56. The van der Waals surface area contributed by atoms with Crippen LogP contribution in [0.15, 0.2) is 24.3 Å². The second kappa shape index (κ2) is 4.35. The van der Waals surface area contributed by atoms with E-state index >= 15 is 0 Å². The molecule has 0 aromatic rings. The largest absolute Gasteiger partial charge is 0.386 e. The van der Waals surface area contributed by atoms with Crippen molar-refractivity contribution >= 4 is 0 Å². The summed E-state index contributed by atoms with van der Waals surface area (Å²) in [5.74, 6) is 0. The first-order chi connectivity index (χ1) is 5.48. The summed E-state index contributed by atoms with van der Waals surface area (Å²) in [6, 6.07) is 0. The summed E-state index contributed by atoms with van der Waals surface area (Å²) in [5.41, 5.74) is 0.439. The van der Waals surface area contributed by atoms with E-state index < -0.39 is 5.60 Å². The normalized spacial score (nSPS) is 17.6. The highest BCUT2D eigenvalue weighted by Crippen LogP contribution is 2.13. The third-order valence-corrected chi connectivity index (χ3v) is 1.56. The van der Waals surface area contributed by atoms with Gasteiger partial charge in [0.2, 0.25) is 0 Å². The first-order valence-corrected chi connectivity index (χ1v) is 3.90. The van der Waals surface area contributed by atoms with Crippen LogP contribution in [0.25, 0.3) is 0 Å². The van der Waals surface area contributed by atoms with E-state index in [2.05, 4.69) is 6.08 Å². The summed E-state index contributed by atoms with van der Waals surface area (Å²) in [6.07, 6.45) is 5.13. The van der Waals surface area contributed by atoms with E-state index in [9.17, 15) is 5.11 Å². The van der Waals surface area contributed by atoms with Gasteiger partial charge in [0.05, 0.1) is 6.97 Å². The number of aliphatic hydroxyl groups is 1. The molecule has 0 heterocycles. The number of hydrogen-bond donors (Lipinski definition) is 1. The molecule has 1 atom stereocenters. The van der Waals surface area contributed by atoms with E-state index in [1.54, 1.807) is 6.92 Å². The summed E-state index contributed by atoms with van der Waals surface area (Å²) in [6.45, 7) is 6.93. The van der Waals surface area contributed by atoms with Crippen LogP contribution in [-0.2, 0) is 0 Å². The molecule has 0 aromatic carbocycles. The van der Waals surface area contributed by atoms with Crippen LogP contribution in [0.3, 0.4) is 0 Å². The van der Waals surface area contributed by atoms with Crippen LogP contribution < -0.4 is 0 Å². The van der Waals surface area contributed by atoms with Crippen molar-refractivity contribution in [2.75, 3.05) is 0 Å². The molecule has 0 aromatic heterocycles. The van der Waals surface area contributed by atoms with Crippen molar-refractivity contribution in [3.8, 4) is 0 Å². The van der Waals surface area contributed by atoms with Crippen LogP contribution >= 0.6 is 0 Å². The summed E-state index contributed by atoms with van der Waals surface area (Å²) in [7, 11) is 0. The lowest BCUT2D eigenvalue weighted by molar-refractivity contribution is 0.103. The van der Waals surface area contributed by atoms with Crippen molar-refractivity contribution in [3.63, 3.8) is 0 Å². The highest BCUT2D eigenvalue weighted by atomic mass is 16.3. The first kappa shape index (κ1) is 8.54. The van der Waals surface area contributed by atoms with Gasteiger partial charge in [-0.25, -0.2) is 0 Å². The van der Waals surface area contributed by atoms with E-state index in [4.69, 9.17) is 1.37 Å². The fourth-order valence-corrected chi connectivity index (χ4v) is 0.736. The van der Waals surface area contributed by atoms with Gasteiger partial charge in [0.1, 0.15) is 0 Å². The van der Waals surface area contributed by atoms with Crippen molar-refractivity contribution in [1.82, 2.24) is 0 Å². The molecule has 0 aliphatic rings. The zero-order chi connectivity index (χ0) is 9.61. The number of rotatable bonds is 4. The van der Waals surface area contributed by atoms with E-state index in [0.717, 1.165) is 13.0 Å². The molecule has 0 saturated heterocycles. The number of allylic oxidation sites excluding steroid dienone is 2. The molecule has 1 nitrogen and oxygen atoms in total. The zero-order valence-electron chi connectivity index (χ0n) is 8.59. The molecule has 64 valence electrons. The minimum Gasteiger partial charge on any atom is -0.386 e. The van der Waals surface area contributed by atoms with Gasteiger partial charge in [-0.15, -0.1) is 6.55 Å². The highest BCUT2D eigenvalue weighted by Gasteiger charge is 2.12. The molecule has 0 bridgehead atoms. The Kier molecular flexibility index (Phi) is 3.37. The topological polar surface area (TPSA) is 20.2 Å². The Hall–Kier alpha value is -0.560. The molecule has 0 saturated carbocycles. The second-order valence-electron chi connectivity index (χ2n) is 3.34. The van der Waals surface area contributed by atoms with Crippen LogP contribution in [0.2, 0.25) is 0 Å². The van der Waals surface area contributed by atoms with Gasteiger partial charge in [-0.2, -0.15) is 0 Å². The second-order valence-corrected chi connectivity index (χ2v) is 3.34. The molecule has 0 fully saturated rings. The SMILES string of the molecule is [2H]C=CC(C)(O)CCC=C(C)C. The van der Waals surface area contributed by atoms with Crippen LogP contribution in [0, 0.1) is 0 Å². The van der Waals surface area contributed by atoms with Gasteiger partial charge >= 0.3 is 0 Å². The fraction of sp³-hybridized carbons (Fsp3) is 0.600. The lowest BCUT2D eigenvalue weighted by Gasteiger charge is -2.16. The molecule has 1 heteroatoms. The average Bonchev–Trinajstić information content (AvgIpc) is 1.85. The molecule has 0 aliphatic heterocycles. The van der Waals surface area contributed by atoms with Gasteiger partial charge in [-0.1, -0.05) is 17.7 Å². The molecule has 1 N–H and O–H groups in total. The Morgan fingerprint density at radius 2 is 2.36 bits per heavy atom. The number of hydrogen-bond acceptors (Lipinski definition) is 1. The quantitative estimate of drug-likeness (QED) is 0.619. The van der Waals surface area contributed by atoms with Gasteiger partial charge < -0.3 is 5.11 Å². The van der Waals surface area contributed by atoms with E-state index in [-0.39, 0.29) is 0 Å². The zero-order valence-corrected chi connectivity index (χ0v) is 7.59. The maximum atomic E-state index is 9.59. The van der Waals surface area contributed by atoms with Gasteiger partial charge in [0.15, 0.2) is 0 Å². The minimum absolute atomic E-state index is 0.674. The van der Waals surface area contributed by atoms with E-state index in [0.29, 0.717) is 6.42 Å². The van der Waals surface area contributed by atoms with Crippen LogP contribution in [0.5, 0.6) is 0 Å².